The summed E-state index contributed by atoms with van der Waals surface area (Å²) in [5, 5.41) is 7.70. The second kappa shape index (κ2) is 8.55. The quantitative estimate of drug-likeness (QED) is 0.650. The van der Waals surface area contributed by atoms with Crippen LogP contribution in [0.15, 0.2) is 0 Å². The first-order valence-electron chi connectivity index (χ1n) is 7.25. The van der Waals surface area contributed by atoms with Crippen LogP contribution in [0.25, 0.3) is 0 Å². The molecule has 0 spiro atoms. The van der Waals surface area contributed by atoms with Gasteiger partial charge in [-0.25, -0.2) is 0 Å². The molecule has 20 heavy (non-hydrogen) atoms. The van der Waals surface area contributed by atoms with Crippen molar-refractivity contribution in [2.24, 2.45) is 11.8 Å². The van der Waals surface area contributed by atoms with Gasteiger partial charge in [0.05, 0.1) is 13.1 Å². The summed E-state index contributed by atoms with van der Waals surface area (Å²) < 4.78 is 0. The van der Waals surface area contributed by atoms with Crippen molar-refractivity contribution in [3.05, 3.63) is 0 Å². The molecule has 0 aromatic rings. The minimum absolute atomic E-state index is 0.0410. The van der Waals surface area contributed by atoms with Gasteiger partial charge in [0.2, 0.25) is 17.7 Å². The van der Waals surface area contributed by atoms with E-state index in [0.29, 0.717) is 12.5 Å². The predicted molar refractivity (Wildman–Crippen MR) is 75.8 cm³/mol. The smallest absolute Gasteiger partial charge is 0.239 e. The maximum absolute atomic E-state index is 11.6. The molecule has 2 atom stereocenters. The molecule has 1 fully saturated rings. The molecule has 0 heterocycles. The summed E-state index contributed by atoms with van der Waals surface area (Å²) >= 11 is 0. The van der Waals surface area contributed by atoms with Crippen LogP contribution < -0.4 is 16.0 Å². The van der Waals surface area contributed by atoms with E-state index in [0.717, 1.165) is 12.3 Å². The monoisotopic (exact) mass is 283 g/mol. The molecular formula is C14H25N3O3. The molecule has 6 heteroatoms. The Bertz CT molecular complexity index is 358. The Hall–Kier alpha value is -1.59. The fourth-order valence-corrected chi connectivity index (χ4v) is 2.51. The van der Waals surface area contributed by atoms with Crippen molar-refractivity contribution >= 4 is 17.7 Å². The molecule has 114 valence electrons. The first kappa shape index (κ1) is 16.5. The molecule has 0 aromatic heterocycles. The topological polar surface area (TPSA) is 87.3 Å². The zero-order valence-corrected chi connectivity index (χ0v) is 12.3. The lowest BCUT2D eigenvalue weighted by Crippen LogP contribution is -2.42. The second-order valence-corrected chi connectivity index (χ2v) is 5.63. The molecule has 0 saturated heterocycles. The molecule has 1 aliphatic carbocycles. The largest absolute Gasteiger partial charge is 0.354 e. The van der Waals surface area contributed by atoms with E-state index in [1.165, 1.54) is 26.2 Å². The molecule has 3 amide bonds. The lowest BCUT2D eigenvalue weighted by atomic mass is 9.82. The van der Waals surface area contributed by atoms with Gasteiger partial charge in [-0.3, -0.25) is 14.4 Å². The minimum Gasteiger partial charge on any atom is -0.354 e. The Labute approximate surface area is 120 Å². The summed E-state index contributed by atoms with van der Waals surface area (Å²) in [7, 11) is 0. The molecule has 0 aliphatic heterocycles. The fraction of sp³-hybridized carbons (Fsp3) is 0.786. The van der Waals surface area contributed by atoms with Crippen LogP contribution in [0.2, 0.25) is 0 Å². The highest BCUT2D eigenvalue weighted by Crippen LogP contribution is 2.27. The van der Waals surface area contributed by atoms with Crippen molar-refractivity contribution in [1.82, 2.24) is 16.0 Å². The third kappa shape index (κ3) is 7.11. The molecule has 0 unspecified atom stereocenters. The zero-order valence-electron chi connectivity index (χ0n) is 12.3. The van der Waals surface area contributed by atoms with Gasteiger partial charge in [0.1, 0.15) is 0 Å². The molecule has 0 aromatic carbocycles. The van der Waals surface area contributed by atoms with Crippen molar-refractivity contribution in [1.29, 1.82) is 0 Å². The standard InChI is InChI=1S/C14H25N3O3/c1-10-4-3-5-12(6-10)7-16-14(20)9-17-13(19)8-15-11(2)18/h10,12H,3-9H2,1-2H3,(H,15,18)(H,16,20)(H,17,19)/t10-,12+/m0/s1. The molecule has 1 saturated carbocycles. The van der Waals surface area contributed by atoms with E-state index in [2.05, 4.69) is 22.9 Å². The lowest BCUT2D eigenvalue weighted by Gasteiger charge is -2.26. The Balaban J connectivity index is 2.10. The van der Waals surface area contributed by atoms with Gasteiger partial charge in [-0.05, 0) is 24.7 Å². The second-order valence-electron chi connectivity index (χ2n) is 5.63. The van der Waals surface area contributed by atoms with Crippen molar-refractivity contribution in [3.63, 3.8) is 0 Å². The number of amides is 3. The predicted octanol–water partition coefficient (Wildman–Crippen LogP) is 0.181. The maximum atomic E-state index is 11.6. The Kier molecular flexibility index (Phi) is 7.04. The zero-order chi connectivity index (χ0) is 15.0. The number of carbonyl (C=O) groups excluding carboxylic acids is 3. The van der Waals surface area contributed by atoms with Gasteiger partial charge in [-0.15, -0.1) is 0 Å². The summed E-state index contributed by atoms with van der Waals surface area (Å²) in [6.45, 7) is 4.13. The first-order valence-corrected chi connectivity index (χ1v) is 7.25. The molecular weight excluding hydrogens is 258 g/mol. The highest BCUT2D eigenvalue weighted by molar-refractivity contribution is 5.87. The molecule has 1 rings (SSSR count). The number of rotatable bonds is 6. The lowest BCUT2D eigenvalue weighted by molar-refractivity contribution is -0.127. The molecule has 0 radical (unpaired) electrons. The minimum atomic E-state index is -0.360. The van der Waals surface area contributed by atoms with Gasteiger partial charge in [0, 0.05) is 13.5 Å². The average Bonchev–Trinajstić information content (AvgIpc) is 2.40. The highest BCUT2D eigenvalue weighted by Gasteiger charge is 2.19. The van der Waals surface area contributed by atoms with E-state index < -0.39 is 0 Å². The van der Waals surface area contributed by atoms with Crippen LogP contribution in [0.5, 0.6) is 0 Å². The van der Waals surface area contributed by atoms with Gasteiger partial charge in [0.15, 0.2) is 0 Å². The Morgan fingerprint density at radius 3 is 2.30 bits per heavy atom. The van der Waals surface area contributed by atoms with E-state index in [4.69, 9.17) is 0 Å². The fourth-order valence-electron chi connectivity index (χ4n) is 2.51. The van der Waals surface area contributed by atoms with Crippen molar-refractivity contribution in [2.75, 3.05) is 19.6 Å². The molecule has 0 bridgehead atoms. The van der Waals surface area contributed by atoms with E-state index in [9.17, 15) is 14.4 Å². The molecule has 1 aliphatic rings. The van der Waals surface area contributed by atoms with Crippen LogP contribution in [0, 0.1) is 11.8 Å². The van der Waals surface area contributed by atoms with Crippen LogP contribution in [0.1, 0.15) is 39.5 Å². The summed E-state index contributed by atoms with van der Waals surface area (Å²) in [5.41, 5.74) is 0. The highest BCUT2D eigenvalue weighted by atomic mass is 16.2. The van der Waals surface area contributed by atoms with Crippen molar-refractivity contribution in [2.45, 2.75) is 39.5 Å². The number of hydrogen-bond acceptors (Lipinski definition) is 3. The molecule has 6 nitrogen and oxygen atoms in total. The average molecular weight is 283 g/mol. The summed E-state index contributed by atoms with van der Waals surface area (Å²) in [4.78, 5) is 33.5. The molecule has 3 N–H and O–H groups in total. The van der Waals surface area contributed by atoms with Gasteiger partial charge in [0.25, 0.3) is 0 Å². The van der Waals surface area contributed by atoms with E-state index in [1.54, 1.807) is 0 Å². The number of nitrogens with one attached hydrogen (secondary N) is 3. The first-order chi connectivity index (χ1) is 9.47. The summed E-state index contributed by atoms with van der Waals surface area (Å²) in [5.74, 6) is 0.484. The van der Waals surface area contributed by atoms with Crippen molar-refractivity contribution < 1.29 is 14.4 Å². The SMILES string of the molecule is CC(=O)NCC(=O)NCC(=O)NC[C@@H]1CCC[C@H](C)C1. The third-order valence-electron chi connectivity index (χ3n) is 3.58. The Morgan fingerprint density at radius 1 is 1.00 bits per heavy atom. The van der Waals surface area contributed by atoms with Crippen LogP contribution >= 0.6 is 0 Å². The van der Waals surface area contributed by atoms with Crippen LogP contribution in [-0.4, -0.2) is 37.4 Å². The third-order valence-corrected chi connectivity index (χ3v) is 3.58. The van der Waals surface area contributed by atoms with Gasteiger partial charge in [-0.1, -0.05) is 19.8 Å². The normalized spacial score (nSPS) is 21.9. The summed E-state index contributed by atoms with van der Waals surface area (Å²) in [6, 6.07) is 0. The maximum Gasteiger partial charge on any atom is 0.239 e. The van der Waals surface area contributed by atoms with Gasteiger partial charge >= 0.3 is 0 Å². The van der Waals surface area contributed by atoms with Crippen LogP contribution in [-0.2, 0) is 14.4 Å². The van der Waals surface area contributed by atoms with Crippen molar-refractivity contribution in [3.8, 4) is 0 Å². The number of hydrogen-bond donors (Lipinski definition) is 3. The van der Waals surface area contributed by atoms with Gasteiger partial charge in [-0.2, -0.15) is 0 Å². The van der Waals surface area contributed by atoms with E-state index in [-0.39, 0.29) is 30.8 Å². The van der Waals surface area contributed by atoms with Crippen LogP contribution in [0.3, 0.4) is 0 Å². The Morgan fingerprint density at radius 2 is 1.65 bits per heavy atom. The van der Waals surface area contributed by atoms with Crippen LogP contribution in [0.4, 0.5) is 0 Å². The summed E-state index contributed by atoms with van der Waals surface area (Å²) in [6.07, 6.45) is 4.84. The van der Waals surface area contributed by atoms with E-state index >= 15 is 0 Å². The van der Waals surface area contributed by atoms with E-state index in [1.807, 2.05) is 0 Å². The van der Waals surface area contributed by atoms with Gasteiger partial charge < -0.3 is 16.0 Å². The number of carbonyl (C=O) groups is 3.